The normalized spacial score (nSPS) is 10.9. The fraction of sp³-hybridized carbons (Fsp3) is 0.120. The fourth-order valence-corrected chi connectivity index (χ4v) is 4.86. The first-order valence-electron chi connectivity index (χ1n) is 10.6. The van der Waals surface area contributed by atoms with E-state index in [0.29, 0.717) is 22.7 Å². The molecule has 2 N–H and O–H groups in total. The second kappa shape index (κ2) is 12.0. The quantitative estimate of drug-likeness (QED) is 0.186. The minimum absolute atomic E-state index is 0.166. The molecule has 1 heterocycles. The Morgan fingerprint density at radius 1 is 1.03 bits per heavy atom. The molecule has 0 fully saturated rings. The van der Waals surface area contributed by atoms with E-state index in [9.17, 15) is 9.59 Å². The maximum atomic E-state index is 12.1. The molecular weight excluding hydrogens is 484 g/mol. The largest absolute Gasteiger partial charge is 0.493 e. The number of anilines is 1. The van der Waals surface area contributed by atoms with Crippen LogP contribution in [0.2, 0.25) is 0 Å². The summed E-state index contributed by atoms with van der Waals surface area (Å²) >= 11 is 2.92. The van der Waals surface area contributed by atoms with E-state index in [0.717, 1.165) is 14.6 Å². The number of hydrazone groups is 1. The summed E-state index contributed by atoms with van der Waals surface area (Å²) in [5.74, 6) is 0.554. The standard InChI is InChI=1S/C25H22N4O4S2/c1-32-21-13-17(11-12-20(21)33-15-23(30)27-18-7-3-2-4-8-18)14-26-29-24(31)16-34-25-28-19-9-5-6-10-22(19)35-25/h2-14H,15-16H2,1H3,(H,27,30)(H,29,31)/b26-14+. The third kappa shape index (κ3) is 7.05. The van der Waals surface area contributed by atoms with Gasteiger partial charge in [-0.25, -0.2) is 10.4 Å². The lowest BCUT2D eigenvalue weighted by molar-refractivity contribution is -0.119. The number of thioether (sulfide) groups is 1. The molecule has 8 nitrogen and oxygen atoms in total. The van der Waals surface area contributed by atoms with Crippen molar-refractivity contribution in [3.63, 3.8) is 0 Å². The second-order valence-corrected chi connectivity index (χ2v) is 9.40. The number of nitrogens with one attached hydrogen (secondary N) is 2. The van der Waals surface area contributed by atoms with Gasteiger partial charge in [-0.15, -0.1) is 11.3 Å². The molecule has 0 atom stereocenters. The first-order chi connectivity index (χ1) is 17.1. The molecule has 4 rings (SSSR count). The number of carbonyl (C=O) groups is 2. The van der Waals surface area contributed by atoms with Crippen LogP contribution in [0.15, 0.2) is 82.2 Å². The van der Waals surface area contributed by atoms with E-state index in [1.165, 1.54) is 25.1 Å². The molecule has 0 radical (unpaired) electrons. The molecular formula is C25H22N4O4S2. The smallest absolute Gasteiger partial charge is 0.262 e. The molecule has 2 amide bonds. The van der Waals surface area contributed by atoms with Gasteiger partial charge in [-0.3, -0.25) is 9.59 Å². The first-order valence-corrected chi connectivity index (χ1v) is 12.4. The van der Waals surface area contributed by atoms with Gasteiger partial charge in [0.05, 0.1) is 29.3 Å². The van der Waals surface area contributed by atoms with Gasteiger partial charge in [0.15, 0.2) is 22.4 Å². The monoisotopic (exact) mass is 506 g/mol. The third-order valence-electron chi connectivity index (χ3n) is 4.61. The molecule has 178 valence electrons. The lowest BCUT2D eigenvalue weighted by Gasteiger charge is -2.11. The van der Waals surface area contributed by atoms with Crippen molar-refractivity contribution in [2.75, 3.05) is 24.8 Å². The van der Waals surface area contributed by atoms with E-state index in [2.05, 4.69) is 20.8 Å². The maximum Gasteiger partial charge on any atom is 0.262 e. The third-order valence-corrected chi connectivity index (χ3v) is 6.79. The van der Waals surface area contributed by atoms with Gasteiger partial charge in [0.25, 0.3) is 11.8 Å². The van der Waals surface area contributed by atoms with Crippen molar-refractivity contribution in [1.82, 2.24) is 10.4 Å². The van der Waals surface area contributed by atoms with Crippen LogP contribution >= 0.6 is 23.1 Å². The van der Waals surface area contributed by atoms with Crippen molar-refractivity contribution < 1.29 is 19.1 Å². The van der Waals surface area contributed by atoms with Crippen LogP contribution in [-0.4, -0.2) is 42.5 Å². The van der Waals surface area contributed by atoms with Gasteiger partial charge < -0.3 is 14.8 Å². The predicted octanol–water partition coefficient (Wildman–Crippen LogP) is 4.56. The average molecular weight is 507 g/mol. The highest BCUT2D eigenvalue weighted by Gasteiger charge is 2.10. The molecule has 3 aromatic carbocycles. The molecule has 0 saturated heterocycles. The highest BCUT2D eigenvalue weighted by Crippen LogP contribution is 2.29. The molecule has 35 heavy (non-hydrogen) atoms. The van der Waals surface area contributed by atoms with Crippen LogP contribution in [0.3, 0.4) is 0 Å². The molecule has 0 spiro atoms. The maximum absolute atomic E-state index is 12.1. The van der Waals surface area contributed by atoms with Gasteiger partial charge in [0.2, 0.25) is 0 Å². The Bertz CT molecular complexity index is 1310. The summed E-state index contributed by atoms with van der Waals surface area (Å²) in [6.07, 6.45) is 1.51. The predicted molar refractivity (Wildman–Crippen MR) is 140 cm³/mol. The van der Waals surface area contributed by atoms with E-state index in [1.54, 1.807) is 41.7 Å². The summed E-state index contributed by atoms with van der Waals surface area (Å²) in [5, 5.41) is 6.76. The van der Waals surface area contributed by atoms with Crippen molar-refractivity contribution >= 4 is 57.0 Å². The number of hydrogen-bond acceptors (Lipinski definition) is 8. The summed E-state index contributed by atoms with van der Waals surface area (Å²) in [6.45, 7) is -0.166. The molecule has 4 aromatic rings. The van der Waals surface area contributed by atoms with Gasteiger partial charge in [0, 0.05) is 5.69 Å². The Kier molecular flexibility index (Phi) is 8.31. The van der Waals surface area contributed by atoms with Crippen molar-refractivity contribution in [1.29, 1.82) is 0 Å². The lowest BCUT2D eigenvalue weighted by atomic mass is 10.2. The zero-order chi connectivity index (χ0) is 24.5. The number of para-hydroxylation sites is 2. The van der Waals surface area contributed by atoms with Crippen LogP contribution in [0.25, 0.3) is 10.2 Å². The molecule has 0 aliphatic heterocycles. The Hall–Kier alpha value is -3.89. The number of methoxy groups -OCH3 is 1. The molecule has 1 aromatic heterocycles. The van der Waals surface area contributed by atoms with E-state index in [-0.39, 0.29) is 24.2 Å². The Morgan fingerprint density at radius 2 is 1.83 bits per heavy atom. The number of amides is 2. The molecule has 0 bridgehead atoms. The fourth-order valence-electron chi connectivity index (χ4n) is 3.00. The molecule has 0 unspecified atom stereocenters. The highest BCUT2D eigenvalue weighted by atomic mass is 32.2. The average Bonchev–Trinajstić information content (AvgIpc) is 3.30. The number of ether oxygens (including phenoxy) is 2. The number of aromatic nitrogens is 1. The molecule has 10 heteroatoms. The van der Waals surface area contributed by atoms with Crippen LogP contribution < -0.4 is 20.2 Å². The summed E-state index contributed by atoms with van der Waals surface area (Å²) in [6, 6.07) is 22.1. The zero-order valence-electron chi connectivity index (χ0n) is 18.8. The van der Waals surface area contributed by atoms with E-state index >= 15 is 0 Å². The summed E-state index contributed by atoms with van der Waals surface area (Å²) in [4.78, 5) is 28.7. The van der Waals surface area contributed by atoms with Gasteiger partial charge in [-0.05, 0) is 48.0 Å². The van der Waals surface area contributed by atoms with Crippen LogP contribution in [-0.2, 0) is 9.59 Å². The van der Waals surface area contributed by atoms with Gasteiger partial charge in [-0.1, -0.05) is 42.1 Å². The second-order valence-electron chi connectivity index (χ2n) is 7.14. The van der Waals surface area contributed by atoms with Gasteiger partial charge in [0.1, 0.15) is 0 Å². The topological polar surface area (TPSA) is 102 Å². The van der Waals surface area contributed by atoms with Gasteiger partial charge in [-0.2, -0.15) is 5.10 Å². The first kappa shape index (κ1) is 24.2. The van der Waals surface area contributed by atoms with Gasteiger partial charge >= 0.3 is 0 Å². The Balaban J connectivity index is 1.25. The number of carbonyl (C=O) groups excluding carboxylic acids is 2. The van der Waals surface area contributed by atoms with Crippen molar-refractivity contribution in [3.8, 4) is 11.5 Å². The Morgan fingerprint density at radius 3 is 2.63 bits per heavy atom. The zero-order valence-corrected chi connectivity index (χ0v) is 20.4. The number of rotatable bonds is 10. The molecule has 0 saturated carbocycles. The van der Waals surface area contributed by atoms with E-state index in [4.69, 9.17) is 9.47 Å². The van der Waals surface area contributed by atoms with Crippen molar-refractivity contribution in [2.24, 2.45) is 5.10 Å². The number of thiazole rings is 1. The number of fused-ring (bicyclic) bond motifs is 1. The highest BCUT2D eigenvalue weighted by molar-refractivity contribution is 8.01. The SMILES string of the molecule is COc1cc(/C=N/NC(=O)CSc2nc3ccccc3s2)ccc1OCC(=O)Nc1ccccc1. The number of benzene rings is 3. The Labute approximate surface area is 210 Å². The van der Waals surface area contributed by atoms with Crippen LogP contribution in [0.1, 0.15) is 5.56 Å². The van der Waals surface area contributed by atoms with Crippen molar-refractivity contribution in [2.45, 2.75) is 4.34 Å². The van der Waals surface area contributed by atoms with Crippen LogP contribution in [0.5, 0.6) is 11.5 Å². The van der Waals surface area contributed by atoms with Crippen LogP contribution in [0, 0.1) is 0 Å². The van der Waals surface area contributed by atoms with E-state index in [1.807, 2.05) is 42.5 Å². The number of nitrogens with zero attached hydrogens (tertiary/aromatic N) is 2. The molecule has 0 aliphatic carbocycles. The van der Waals surface area contributed by atoms with E-state index < -0.39 is 0 Å². The summed E-state index contributed by atoms with van der Waals surface area (Å²) in [5.41, 5.74) is 4.83. The molecule has 0 aliphatic rings. The summed E-state index contributed by atoms with van der Waals surface area (Å²) in [7, 11) is 1.51. The number of hydrogen-bond donors (Lipinski definition) is 2. The minimum Gasteiger partial charge on any atom is -0.493 e. The lowest BCUT2D eigenvalue weighted by Crippen LogP contribution is -2.20. The van der Waals surface area contributed by atoms with Crippen molar-refractivity contribution in [3.05, 3.63) is 78.4 Å². The minimum atomic E-state index is -0.282. The van der Waals surface area contributed by atoms with Crippen LogP contribution in [0.4, 0.5) is 5.69 Å². The summed E-state index contributed by atoms with van der Waals surface area (Å²) < 4.78 is 12.9.